The highest BCUT2D eigenvalue weighted by molar-refractivity contribution is 6.36. The lowest BCUT2D eigenvalue weighted by atomic mass is 9.92. The monoisotopic (exact) mass is 218 g/mol. The van der Waals surface area contributed by atoms with Crippen LogP contribution in [0.3, 0.4) is 0 Å². The molecule has 0 saturated heterocycles. The molecule has 0 unspecified atom stereocenters. The zero-order chi connectivity index (χ0) is 12.1. The molecule has 0 aliphatic rings. The average Bonchev–Trinajstić information content (AvgIpc) is 2.21. The van der Waals surface area contributed by atoms with E-state index in [1.54, 1.807) is 6.92 Å². The lowest BCUT2D eigenvalue weighted by molar-refractivity contribution is 0.100. The molecule has 0 aliphatic carbocycles. The van der Waals surface area contributed by atoms with Gasteiger partial charge >= 0.3 is 6.03 Å². The molecule has 0 aromatic carbocycles. The quantitative estimate of drug-likeness (QED) is 0.574. The Balaban J connectivity index is 2.87. The second kappa shape index (κ2) is 5.15. The molecule has 0 atom stereocenters. The van der Waals surface area contributed by atoms with Gasteiger partial charge in [-0.05, 0) is 13.0 Å². The number of nitrogens with zero attached hydrogens (tertiary/aromatic N) is 1. The number of urea groups is 1. The minimum Gasteiger partial charge on any atom is -0.366 e. The molecule has 16 heavy (non-hydrogen) atoms. The van der Waals surface area contributed by atoms with Gasteiger partial charge < -0.3 is 11.1 Å². The van der Waals surface area contributed by atoms with Gasteiger partial charge in [0.15, 0.2) is 0 Å². The van der Waals surface area contributed by atoms with Crippen molar-refractivity contribution in [1.82, 2.24) is 10.3 Å². The first-order valence-corrected chi connectivity index (χ1v) is 4.64. The number of carbonyl (C=O) groups excluding carboxylic acids is 2. The fourth-order valence-corrected chi connectivity index (χ4v) is 1.07. The van der Waals surface area contributed by atoms with Gasteiger partial charge in [0.25, 0.3) is 0 Å². The van der Waals surface area contributed by atoms with Crippen LogP contribution in [-0.2, 0) is 0 Å². The van der Waals surface area contributed by atoms with E-state index >= 15 is 0 Å². The number of nitrogens with one attached hydrogen (secondary N) is 2. The van der Waals surface area contributed by atoms with Crippen molar-refractivity contribution in [2.75, 3.05) is 11.9 Å². The molecule has 0 spiro atoms. The first kappa shape index (κ1) is 12.0. The van der Waals surface area contributed by atoms with Gasteiger partial charge in [0, 0.05) is 18.3 Å². The van der Waals surface area contributed by atoms with Crippen molar-refractivity contribution in [2.45, 2.75) is 6.92 Å². The number of amides is 3. The molecule has 0 bridgehead atoms. The van der Waals surface area contributed by atoms with Gasteiger partial charge in [-0.1, -0.05) is 5.46 Å². The van der Waals surface area contributed by atoms with Crippen LogP contribution in [0.4, 0.5) is 10.6 Å². The molecule has 0 fully saturated rings. The Morgan fingerprint density at radius 3 is 2.81 bits per heavy atom. The number of aromatic nitrogens is 1. The fourth-order valence-electron chi connectivity index (χ4n) is 1.07. The molecule has 4 N–H and O–H groups in total. The van der Waals surface area contributed by atoms with E-state index in [2.05, 4.69) is 15.6 Å². The highest BCUT2D eigenvalue weighted by Crippen LogP contribution is 2.03. The van der Waals surface area contributed by atoms with Gasteiger partial charge in [-0.15, -0.1) is 0 Å². The van der Waals surface area contributed by atoms with E-state index in [4.69, 9.17) is 13.6 Å². The lowest BCUT2D eigenvalue weighted by Crippen LogP contribution is -2.29. The summed E-state index contributed by atoms with van der Waals surface area (Å²) in [5.74, 6) is -0.451. The van der Waals surface area contributed by atoms with Gasteiger partial charge in [-0.2, -0.15) is 0 Å². The second-order valence-electron chi connectivity index (χ2n) is 3.01. The third kappa shape index (κ3) is 2.98. The summed E-state index contributed by atoms with van der Waals surface area (Å²) in [6, 6.07) is 0.919. The molecule has 2 radical (unpaired) electrons. The van der Waals surface area contributed by atoms with Crippen LogP contribution in [0.5, 0.6) is 0 Å². The van der Waals surface area contributed by atoms with Crippen LogP contribution < -0.4 is 21.8 Å². The summed E-state index contributed by atoms with van der Waals surface area (Å²) >= 11 is 0. The summed E-state index contributed by atoms with van der Waals surface area (Å²) in [5, 5.41) is 4.96. The van der Waals surface area contributed by atoms with Crippen LogP contribution in [0.2, 0.25) is 0 Å². The van der Waals surface area contributed by atoms with E-state index in [-0.39, 0.29) is 16.8 Å². The highest BCUT2D eigenvalue weighted by Gasteiger charge is 2.08. The first-order chi connectivity index (χ1) is 7.54. The Kier molecular flexibility index (Phi) is 3.87. The molecule has 1 aromatic heterocycles. The smallest absolute Gasteiger partial charge is 0.320 e. The van der Waals surface area contributed by atoms with Gasteiger partial charge in [-0.3, -0.25) is 10.1 Å². The molecule has 0 aliphatic heterocycles. The van der Waals surface area contributed by atoms with Crippen LogP contribution in [0.25, 0.3) is 0 Å². The topological polar surface area (TPSA) is 97.1 Å². The van der Waals surface area contributed by atoms with Gasteiger partial charge in [-0.25, -0.2) is 9.78 Å². The van der Waals surface area contributed by atoms with Crippen LogP contribution in [0, 0.1) is 0 Å². The molecular formula is C9H11BN4O2. The SMILES string of the molecule is [B]c1cnc(NC(=O)NCC)cc1C(N)=O. The maximum absolute atomic E-state index is 11.2. The van der Waals surface area contributed by atoms with E-state index in [1.807, 2.05) is 0 Å². The summed E-state index contributed by atoms with van der Waals surface area (Å²) in [7, 11) is 5.49. The van der Waals surface area contributed by atoms with Crippen molar-refractivity contribution in [3.8, 4) is 0 Å². The zero-order valence-corrected chi connectivity index (χ0v) is 8.78. The lowest BCUT2D eigenvalue weighted by Gasteiger charge is -2.07. The summed E-state index contributed by atoms with van der Waals surface area (Å²) in [4.78, 5) is 26.0. The molecule has 6 nitrogen and oxygen atoms in total. The van der Waals surface area contributed by atoms with E-state index in [9.17, 15) is 9.59 Å². The Hall–Kier alpha value is -2.05. The molecule has 82 valence electrons. The molecule has 1 aromatic rings. The molecule has 1 rings (SSSR count). The fraction of sp³-hybridized carbons (Fsp3) is 0.222. The number of hydrogen-bond acceptors (Lipinski definition) is 3. The third-order valence-electron chi connectivity index (χ3n) is 1.78. The maximum atomic E-state index is 11.2. The van der Waals surface area contributed by atoms with E-state index < -0.39 is 11.9 Å². The van der Waals surface area contributed by atoms with Crippen molar-refractivity contribution in [3.05, 3.63) is 17.8 Å². The minimum absolute atomic E-state index is 0.127. The normalized spacial score (nSPS) is 9.56. The predicted molar refractivity (Wildman–Crippen MR) is 60.8 cm³/mol. The summed E-state index contributed by atoms with van der Waals surface area (Å²) < 4.78 is 0. The first-order valence-electron chi connectivity index (χ1n) is 4.64. The number of nitrogens with two attached hydrogens (primary N) is 1. The van der Waals surface area contributed by atoms with Crippen LogP contribution in [0.1, 0.15) is 17.3 Å². The number of carbonyl (C=O) groups is 2. The van der Waals surface area contributed by atoms with Gasteiger partial charge in [0.2, 0.25) is 5.91 Å². The van der Waals surface area contributed by atoms with Crippen molar-refractivity contribution < 1.29 is 9.59 Å². The summed E-state index contributed by atoms with van der Waals surface area (Å²) in [6.07, 6.45) is 1.27. The molecule has 0 saturated carbocycles. The van der Waals surface area contributed by atoms with Crippen LogP contribution in [0.15, 0.2) is 12.3 Å². The van der Waals surface area contributed by atoms with Crippen molar-refractivity contribution in [1.29, 1.82) is 0 Å². The Labute approximate surface area is 94.0 Å². The Morgan fingerprint density at radius 2 is 2.25 bits per heavy atom. The largest absolute Gasteiger partial charge is 0.366 e. The zero-order valence-electron chi connectivity index (χ0n) is 8.78. The molecule has 1 heterocycles. The summed E-state index contributed by atoms with van der Waals surface area (Å²) in [6.45, 7) is 2.27. The Morgan fingerprint density at radius 1 is 1.56 bits per heavy atom. The number of pyridine rings is 1. The number of primary amides is 1. The second-order valence-corrected chi connectivity index (χ2v) is 3.01. The molecule has 7 heteroatoms. The van der Waals surface area contributed by atoms with E-state index in [0.29, 0.717) is 6.54 Å². The Bertz CT molecular complexity index is 422. The highest BCUT2D eigenvalue weighted by atomic mass is 16.2. The van der Waals surface area contributed by atoms with Crippen molar-refractivity contribution >= 4 is 31.1 Å². The predicted octanol–water partition coefficient (Wildman–Crippen LogP) is -0.884. The van der Waals surface area contributed by atoms with Gasteiger partial charge in [0.1, 0.15) is 13.7 Å². The van der Waals surface area contributed by atoms with Crippen molar-refractivity contribution in [2.24, 2.45) is 5.73 Å². The number of hydrogen-bond donors (Lipinski definition) is 3. The van der Waals surface area contributed by atoms with E-state index in [1.165, 1.54) is 12.3 Å². The van der Waals surface area contributed by atoms with Crippen LogP contribution in [-0.4, -0.2) is 31.3 Å². The summed E-state index contributed by atoms with van der Waals surface area (Å²) in [5.41, 5.74) is 5.40. The van der Waals surface area contributed by atoms with Crippen molar-refractivity contribution in [3.63, 3.8) is 0 Å². The van der Waals surface area contributed by atoms with Crippen LogP contribution >= 0.6 is 0 Å². The van der Waals surface area contributed by atoms with Gasteiger partial charge in [0.05, 0.1) is 0 Å². The maximum Gasteiger partial charge on any atom is 0.320 e. The molecular weight excluding hydrogens is 207 g/mol. The number of anilines is 1. The van der Waals surface area contributed by atoms with E-state index in [0.717, 1.165) is 0 Å². The average molecular weight is 218 g/mol. The number of rotatable bonds is 3. The molecule has 3 amide bonds. The third-order valence-corrected chi connectivity index (χ3v) is 1.78. The minimum atomic E-state index is -0.668. The standard InChI is InChI=1S/C9H11BN4O2/c1-2-12-9(16)14-7-3-5(8(11)15)6(10)4-13-7/h3-4H,2H2,1H3,(H2,11,15)(H2,12,13,14,16).